The van der Waals surface area contributed by atoms with Crippen LogP contribution in [0.2, 0.25) is 0 Å². The molecule has 5 rings (SSSR count). The number of nitrogens with one attached hydrogen (secondary N) is 1. The summed E-state index contributed by atoms with van der Waals surface area (Å²) in [6, 6.07) is 15.7. The largest absolute Gasteiger partial charge is 0.287 e. The Morgan fingerprint density at radius 1 is 0.655 bits per heavy atom. The molecule has 2 aromatic heterocycles. The van der Waals surface area contributed by atoms with E-state index in [9.17, 15) is 9.59 Å². The van der Waals surface area contributed by atoms with Gasteiger partial charge in [-0.1, -0.05) is 59.7 Å². The van der Waals surface area contributed by atoms with Crippen molar-refractivity contribution in [2.45, 2.75) is 13.8 Å². The minimum absolute atomic E-state index is 0.0539. The molecule has 0 fully saturated rings. The first-order valence-corrected chi connectivity index (χ1v) is 9.22. The van der Waals surface area contributed by atoms with Gasteiger partial charge >= 0.3 is 0 Å². The average Bonchev–Trinajstić information content (AvgIpc) is 3.23. The quantitative estimate of drug-likeness (QED) is 0.501. The normalized spacial score (nSPS) is 12.6. The maximum Gasteiger partial charge on any atom is 0.232 e. The van der Waals surface area contributed by atoms with Crippen LogP contribution in [0, 0.1) is 13.8 Å². The first-order valence-electron chi connectivity index (χ1n) is 9.22. The van der Waals surface area contributed by atoms with Gasteiger partial charge in [0.15, 0.2) is 0 Å². The molecule has 29 heavy (non-hydrogen) atoms. The number of aromatic nitrogens is 4. The maximum absolute atomic E-state index is 12.9. The van der Waals surface area contributed by atoms with Gasteiger partial charge < -0.3 is 0 Å². The number of rotatable bonds is 2. The molecule has 0 unspecified atom stereocenters. The highest BCUT2D eigenvalue weighted by Crippen LogP contribution is 2.33. The van der Waals surface area contributed by atoms with E-state index in [0.29, 0.717) is 11.4 Å². The maximum atomic E-state index is 12.9. The molecule has 6 heteroatoms. The van der Waals surface area contributed by atoms with Gasteiger partial charge in [0.2, 0.25) is 11.6 Å². The molecule has 2 heterocycles. The fourth-order valence-electron chi connectivity index (χ4n) is 3.45. The predicted molar refractivity (Wildman–Crippen MR) is 108 cm³/mol. The molecular formula is C23H16N4O2. The molecule has 0 saturated heterocycles. The first-order chi connectivity index (χ1) is 14.0. The number of H-pyrrole nitrogens is 1. The number of benzene rings is 2. The Bertz CT molecular complexity index is 1190. The van der Waals surface area contributed by atoms with E-state index in [4.69, 9.17) is 0 Å². The number of carbonyl (C=O) groups excluding carboxylic acids is 2. The summed E-state index contributed by atoms with van der Waals surface area (Å²) in [5.74, 6) is -0.719. The molecule has 140 valence electrons. The Kier molecular flexibility index (Phi) is 3.74. The Hall–Kier alpha value is -3.93. The molecule has 4 aromatic rings. The smallest absolute Gasteiger partial charge is 0.232 e. The number of hydrogen-bond donors (Lipinski definition) is 1. The Morgan fingerprint density at radius 3 is 1.66 bits per heavy atom. The predicted octanol–water partition coefficient (Wildman–Crippen LogP) is 3.93. The molecule has 0 amide bonds. The summed E-state index contributed by atoms with van der Waals surface area (Å²) in [7, 11) is 0. The van der Waals surface area contributed by atoms with E-state index in [0.717, 1.165) is 22.3 Å². The molecule has 0 bridgehead atoms. The number of aromatic amines is 1. The summed E-state index contributed by atoms with van der Waals surface area (Å²) >= 11 is 0. The second-order valence-corrected chi connectivity index (χ2v) is 7.17. The van der Waals surface area contributed by atoms with Crippen molar-refractivity contribution in [3.8, 4) is 22.5 Å². The van der Waals surface area contributed by atoms with Crippen molar-refractivity contribution < 1.29 is 9.59 Å². The fourth-order valence-corrected chi connectivity index (χ4v) is 3.45. The lowest BCUT2D eigenvalue weighted by Gasteiger charge is -2.17. The second kappa shape index (κ2) is 6.31. The second-order valence-electron chi connectivity index (χ2n) is 7.17. The van der Waals surface area contributed by atoms with Crippen LogP contribution in [-0.2, 0) is 0 Å². The number of ketones is 2. The Morgan fingerprint density at radius 2 is 1.14 bits per heavy atom. The summed E-state index contributed by atoms with van der Waals surface area (Å²) in [4.78, 5) is 35.1. The van der Waals surface area contributed by atoms with E-state index >= 15 is 0 Å². The van der Waals surface area contributed by atoms with Gasteiger partial charge in [0, 0.05) is 11.1 Å². The van der Waals surface area contributed by atoms with Crippen molar-refractivity contribution >= 4 is 11.6 Å². The molecular weight excluding hydrogens is 364 g/mol. The summed E-state index contributed by atoms with van der Waals surface area (Å²) < 4.78 is 0. The summed E-state index contributed by atoms with van der Waals surface area (Å²) in [5.41, 5.74) is 5.54. The number of nitrogens with zero attached hydrogens (tertiary/aromatic N) is 3. The topological polar surface area (TPSA) is 88.6 Å². The average molecular weight is 380 g/mol. The monoisotopic (exact) mass is 380 g/mol. The summed E-state index contributed by atoms with van der Waals surface area (Å²) in [6.07, 6.45) is 1.36. The molecule has 1 N–H and O–H groups in total. The number of fused-ring (bicyclic) bond motifs is 2. The minimum Gasteiger partial charge on any atom is -0.287 e. The number of hydrogen-bond acceptors (Lipinski definition) is 5. The van der Waals surface area contributed by atoms with Gasteiger partial charge in [0.25, 0.3) is 0 Å². The van der Waals surface area contributed by atoms with Gasteiger partial charge in [-0.3, -0.25) is 14.7 Å². The highest BCUT2D eigenvalue weighted by Gasteiger charge is 2.35. The van der Waals surface area contributed by atoms with Gasteiger partial charge in [-0.15, -0.1) is 0 Å². The zero-order chi connectivity index (χ0) is 20.1. The van der Waals surface area contributed by atoms with Crippen LogP contribution in [0.4, 0.5) is 0 Å². The molecule has 0 saturated carbocycles. The lowest BCUT2D eigenvalue weighted by atomic mass is 9.94. The van der Waals surface area contributed by atoms with Crippen molar-refractivity contribution in [2.24, 2.45) is 0 Å². The van der Waals surface area contributed by atoms with E-state index in [1.165, 1.54) is 6.20 Å². The van der Waals surface area contributed by atoms with E-state index in [1.807, 2.05) is 62.4 Å². The highest BCUT2D eigenvalue weighted by molar-refractivity contribution is 6.26. The van der Waals surface area contributed by atoms with Gasteiger partial charge in [0.05, 0.1) is 23.1 Å². The molecule has 1 aliphatic rings. The van der Waals surface area contributed by atoms with Crippen LogP contribution in [0.3, 0.4) is 0 Å². The number of aryl methyl sites for hydroxylation is 2. The SMILES string of the molecule is Cc1ccc(-c2nc3c(nc2-c2ccc(C)cc2)C(=O)c2[nH]ncc2C3=O)cc1. The van der Waals surface area contributed by atoms with Crippen LogP contribution in [0.5, 0.6) is 0 Å². The van der Waals surface area contributed by atoms with E-state index in [1.54, 1.807) is 0 Å². The van der Waals surface area contributed by atoms with Gasteiger partial charge in [-0.25, -0.2) is 9.97 Å². The third-order valence-electron chi connectivity index (χ3n) is 5.09. The van der Waals surface area contributed by atoms with Crippen molar-refractivity contribution in [3.63, 3.8) is 0 Å². The summed E-state index contributed by atoms with van der Waals surface area (Å²) in [6.45, 7) is 4.01. The molecule has 0 atom stereocenters. The molecule has 0 radical (unpaired) electrons. The molecule has 1 aliphatic carbocycles. The van der Waals surface area contributed by atoms with E-state index in [-0.39, 0.29) is 34.2 Å². The molecule has 0 spiro atoms. The minimum atomic E-state index is -0.372. The standard InChI is InChI=1S/C23H16N4O2/c1-12-3-7-14(8-4-12)17-18(15-9-5-13(2)6-10-15)26-21-20(25-17)22(28)16-11-24-27-19(16)23(21)29/h3-11H,1-2H3,(H,24,27). The Balaban J connectivity index is 1.80. The van der Waals surface area contributed by atoms with Crippen molar-refractivity contribution in [1.29, 1.82) is 0 Å². The third kappa shape index (κ3) is 2.69. The van der Waals surface area contributed by atoms with Crippen LogP contribution < -0.4 is 0 Å². The van der Waals surface area contributed by atoms with Crippen LogP contribution in [0.25, 0.3) is 22.5 Å². The van der Waals surface area contributed by atoms with Crippen molar-refractivity contribution in [1.82, 2.24) is 20.2 Å². The third-order valence-corrected chi connectivity index (χ3v) is 5.09. The number of carbonyl (C=O) groups is 2. The van der Waals surface area contributed by atoms with Gasteiger partial charge in [0.1, 0.15) is 17.1 Å². The van der Waals surface area contributed by atoms with Crippen LogP contribution >= 0.6 is 0 Å². The highest BCUT2D eigenvalue weighted by atomic mass is 16.1. The fraction of sp³-hybridized carbons (Fsp3) is 0.0870. The van der Waals surface area contributed by atoms with E-state index in [2.05, 4.69) is 20.2 Å². The molecule has 2 aromatic carbocycles. The summed E-state index contributed by atoms with van der Waals surface area (Å²) in [5, 5.41) is 6.46. The lowest BCUT2D eigenvalue weighted by Crippen LogP contribution is -2.24. The van der Waals surface area contributed by atoms with Crippen LogP contribution in [-0.4, -0.2) is 31.7 Å². The van der Waals surface area contributed by atoms with Crippen LogP contribution in [0.1, 0.15) is 43.4 Å². The van der Waals surface area contributed by atoms with Crippen molar-refractivity contribution in [2.75, 3.05) is 0 Å². The van der Waals surface area contributed by atoms with Gasteiger partial charge in [-0.2, -0.15) is 5.10 Å². The van der Waals surface area contributed by atoms with Gasteiger partial charge in [-0.05, 0) is 13.8 Å². The van der Waals surface area contributed by atoms with Crippen molar-refractivity contribution in [3.05, 3.63) is 88.5 Å². The Labute approximate surface area is 166 Å². The van der Waals surface area contributed by atoms with E-state index < -0.39 is 0 Å². The lowest BCUT2D eigenvalue weighted by molar-refractivity contribution is 0.0969. The molecule has 0 aliphatic heterocycles. The molecule has 6 nitrogen and oxygen atoms in total. The zero-order valence-electron chi connectivity index (χ0n) is 15.9. The van der Waals surface area contributed by atoms with Crippen LogP contribution in [0.15, 0.2) is 54.7 Å². The zero-order valence-corrected chi connectivity index (χ0v) is 15.9. The first kappa shape index (κ1) is 17.2.